The first-order chi connectivity index (χ1) is 13.6. The van der Waals surface area contributed by atoms with Gasteiger partial charge >= 0.3 is 0 Å². The molecule has 0 atom stereocenters. The average molecular weight is 428 g/mol. The molecule has 4 heterocycles. The van der Waals surface area contributed by atoms with Crippen molar-refractivity contribution in [3.05, 3.63) is 66.7 Å². The standard InChI is InChI=1S/C21H21N3OS3/c1-4-17-22-14(3)18-13(2)19(28-20(18)23-17)21(25)24(11-15-7-5-9-26-15)12-16-8-6-10-27-16/h5-10H,4,11-12H2,1-3H3. The molecule has 0 aromatic carbocycles. The van der Waals surface area contributed by atoms with Crippen molar-refractivity contribution in [2.75, 3.05) is 0 Å². The zero-order valence-corrected chi connectivity index (χ0v) is 18.5. The summed E-state index contributed by atoms with van der Waals surface area (Å²) in [7, 11) is 0. The molecule has 0 saturated carbocycles. The van der Waals surface area contributed by atoms with Gasteiger partial charge < -0.3 is 4.90 Å². The first-order valence-electron chi connectivity index (χ1n) is 9.17. The van der Waals surface area contributed by atoms with E-state index in [0.717, 1.165) is 38.6 Å². The lowest BCUT2D eigenvalue weighted by atomic mass is 10.1. The van der Waals surface area contributed by atoms with Crippen molar-refractivity contribution in [2.24, 2.45) is 0 Å². The van der Waals surface area contributed by atoms with Crippen LogP contribution in [0.15, 0.2) is 35.0 Å². The third kappa shape index (κ3) is 3.74. The number of hydrogen-bond donors (Lipinski definition) is 0. The Kier molecular flexibility index (Phi) is 5.57. The summed E-state index contributed by atoms with van der Waals surface area (Å²) in [6.07, 6.45) is 0.792. The monoisotopic (exact) mass is 427 g/mol. The molecule has 1 amide bonds. The van der Waals surface area contributed by atoms with Gasteiger partial charge in [0.25, 0.3) is 5.91 Å². The number of fused-ring (bicyclic) bond motifs is 1. The number of nitrogens with zero attached hydrogens (tertiary/aromatic N) is 3. The fraction of sp³-hybridized carbons (Fsp3) is 0.286. The van der Waals surface area contributed by atoms with E-state index >= 15 is 0 Å². The van der Waals surface area contributed by atoms with Crippen LogP contribution < -0.4 is 0 Å². The average Bonchev–Trinajstić information content (AvgIpc) is 3.43. The second-order valence-electron chi connectivity index (χ2n) is 6.64. The Balaban J connectivity index is 1.73. The van der Waals surface area contributed by atoms with Crippen LogP contribution in [-0.4, -0.2) is 20.8 Å². The third-order valence-electron chi connectivity index (χ3n) is 4.67. The van der Waals surface area contributed by atoms with Crippen LogP contribution in [0.2, 0.25) is 0 Å². The van der Waals surface area contributed by atoms with Gasteiger partial charge in [0.2, 0.25) is 0 Å². The molecule has 4 aromatic rings. The molecule has 0 bridgehead atoms. The summed E-state index contributed by atoms with van der Waals surface area (Å²) in [4.78, 5) is 28.8. The molecular weight excluding hydrogens is 406 g/mol. The second-order valence-corrected chi connectivity index (χ2v) is 9.70. The Morgan fingerprint density at radius 3 is 2.21 bits per heavy atom. The highest BCUT2D eigenvalue weighted by molar-refractivity contribution is 7.20. The van der Waals surface area contributed by atoms with E-state index in [2.05, 4.69) is 39.8 Å². The van der Waals surface area contributed by atoms with Gasteiger partial charge in [0.15, 0.2) is 0 Å². The van der Waals surface area contributed by atoms with E-state index in [1.165, 1.54) is 21.1 Å². The van der Waals surface area contributed by atoms with Crippen LogP contribution in [0, 0.1) is 13.8 Å². The van der Waals surface area contributed by atoms with Crippen LogP contribution in [0.4, 0.5) is 0 Å². The number of carbonyl (C=O) groups is 1. The third-order valence-corrected chi connectivity index (χ3v) is 7.56. The SMILES string of the molecule is CCc1nc(C)c2c(C)c(C(=O)N(Cc3cccs3)Cc3cccs3)sc2n1. The van der Waals surface area contributed by atoms with Gasteiger partial charge in [0.05, 0.1) is 18.0 Å². The lowest BCUT2D eigenvalue weighted by Gasteiger charge is -2.21. The van der Waals surface area contributed by atoms with Crippen molar-refractivity contribution in [2.45, 2.75) is 40.3 Å². The van der Waals surface area contributed by atoms with Crippen molar-refractivity contribution < 1.29 is 4.79 Å². The van der Waals surface area contributed by atoms with Gasteiger partial charge in [-0.3, -0.25) is 4.79 Å². The molecule has 4 aromatic heterocycles. The van der Waals surface area contributed by atoms with Crippen molar-refractivity contribution in [3.8, 4) is 0 Å². The van der Waals surface area contributed by atoms with Crippen LogP contribution in [0.5, 0.6) is 0 Å². The second kappa shape index (κ2) is 8.11. The smallest absolute Gasteiger partial charge is 0.264 e. The molecule has 0 radical (unpaired) electrons. The normalized spacial score (nSPS) is 11.2. The van der Waals surface area contributed by atoms with Gasteiger partial charge in [-0.15, -0.1) is 34.0 Å². The number of hydrogen-bond acceptors (Lipinski definition) is 6. The van der Waals surface area contributed by atoms with Crippen LogP contribution >= 0.6 is 34.0 Å². The molecule has 7 heteroatoms. The molecule has 28 heavy (non-hydrogen) atoms. The lowest BCUT2D eigenvalue weighted by molar-refractivity contribution is 0.0738. The fourth-order valence-corrected chi connectivity index (χ4v) is 5.94. The summed E-state index contributed by atoms with van der Waals surface area (Å²) in [5, 5.41) is 5.13. The fourth-order valence-electron chi connectivity index (χ4n) is 3.28. The molecule has 0 unspecified atom stereocenters. The highest BCUT2D eigenvalue weighted by atomic mass is 32.1. The van der Waals surface area contributed by atoms with Gasteiger partial charge in [-0.1, -0.05) is 19.1 Å². The molecule has 0 N–H and O–H groups in total. The quantitative estimate of drug-likeness (QED) is 0.388. The predicted octanol–water partition coefficient (Wildman–Crippen LogP) is 5.84. The van der Waals surface area contributed by atoms with Gasteiger partial charge in [-0.25, -0.2) is 9.97 Å². The van der Waals surface area contributed by atoms with E-state index in [9.17, 15) is 4.79 Å². The van der Waals surface area contributed by atoms with Crippen LogP contribution in [0.3, 0.4) is 0 Å². The molecule has 0 aliphatic heterocycles. The first-order valence-corrected chi connectivity index (χ1v) is 11.7. The predicted molar refractivity (Wildman–Crippen MR) is 118 cm³/mol. The first kappa shape index (κ1) is 19.2. The Labute approximate surface area is 176 Å². The van der Waals surface area contributed by atoms with Crippen molar-refractivity contribution in [1.29, 1.82) is 0 Å². The molecule has 4 rings (SSSR count). The van der Waals surface area contributed by atoms with Gasteiger partial charge in [-0.2, -0.15) is 0 Å². The van der Waals surface area contributed by atoms with E-state index in [1.807, 2.05) is 30.9 Å². The maximum atomic E-state index is 13.6. The molecule has 0 saturated heterocycles. The number of aromatic nitrogens is 2. The summed E-state index contributed by atoms with van der Waals surface area (Å²) < 4.78 is 0. The maximum absolute atomic E-state index is 13.6. The minimum absolute atomic E-state index is 0.0692. The van der Waals surface area contributed by atoms with Crippen LogP contribution in [0.25, 0.3) is 10.2 Å². The Hall–Kier alpha value is -2.09. The summed E-state index contributed by atoms with van der Waals surface area (Å²) >= 11 is 4.86. The van der Waals surface area contributed by atoms with Crippen LogP contribution in [-0.2, 0) is 19.5 Å². The van der Waals surface area contributed by atoms with Crippen molar-refractivity contribution >= 4 is 50.1 Å². The van der Waals surface area contributed by atoms with Crippen molar-refractivity contribution in [1.82, 2.24) is 14.9 Å². The summed E-state index contributed by atoms with van der Waals surface area (Å²) in [5.74, 6) is 0.902. The molecule has 4 nitrogen and oxygen atoms in total. The minimum atomic E-state index is 0.0692. The highest BCUT2D eigenvalue weighted by Gasteiger charge is 2.24. The zero-order chi connectivity index (χ0) is 19.7. The van der Waals surface area contributed by atoms with E-state index in [-0.39, 0.29) is 5.91 Å². The minimum Gasteiger partial charge on any atom is -0.328 e. The molecule has 0 aliphatic carbocycles. The van der Waals surface area contributed by atoms with E-state index < -0.39 is 0 Å². The topological polar surface area (TPSA) is 46.1 Å². The molecule has 144 valence electrons. The van der Waals surface area contributed by atoms with E-state index in [0.29, 0.717) is 13.1 Å². The van der Waals surface area contributed by atoms with Gasteiger partial charge in [-0.05, 0) is 42.3 Å². The number of aryl methyl sites for hydroxylation is 3. The Morgan fingerprint density at radius 2 is 1.68 bits per heavy atom. The highest BCUT2D eigenvalue weighted by Crippen LogP contribution is 2.33. The summed E-state index contributed by atoms with van der Waals surface area (Å²) in [6.45, 7) is 7.31. The van der Waals surface area contributed by atoms with Crippen LogP contribution in [0.1, 0.15) is 43.4 Å². The summed E-state index contributed by atoms with van der Waals surface area (Å²) in [5.41, 5.74) is 1.95. The largest absolute Gasteiger partial charge is 0.328 e. The molecular formula is C21H21N3OS3. The van der Waals surface area contributed by atoms with Gasteiger partial charge in [0, 0.05) is 27.3 Å². The number of amides is 1. The Bertz CT molecular complexity index is 1060. The number of carbonyl (C=O) groups excluding carboxylic acids is 1. The molecule has 0 aliphatic rings. The molecule has 0 spiro atoms. The Morgan fingerprint density at radius 1 is 1.04 bits per heavy atom. The zero-order valence-electron chi connectivity index (χ0n) is 16.1. The van der Waals surface area contributed by atoms with E-state index in [4.69, 9.17) is 0 Å². The van der Waals surface area contributed by atoms with Gasteiger partial charge in [0.1, 0.15) is 10.7 Å². The maximum Gasteiger partial charge on any atom is 0.264 e. The number of thiophene rings is 3. The molecule has 0 fully saturated rings. The summed E-state index contributed by atoms with van der Waals surface area (Å²) in [6, 6.07) is 8.23. The van der Waals surface area contributed by atoms with Crippen molar-refractivity contribution in [3.63, 3.8) is 0 Å². The van der Waals surface area contributed by atoms with E-state index in [1.54, 1.807) is 22.7 Å². The number of rotatable bonds is 6. The lowest BCUT2D eigenvalue weighted by Crippen LogP contribution is -2.29.